The molecule has 1 fully saturated rings. The van der Waals surface area contributed by atoms with E-state index in [0.29, 0.717) is 0 Å². The van der Waals surface area contributed by atoms with Crippen LogP contribution in [0.3, 0.4) is 0 Å². The molecule has 1 aliphatic rings. The summed E-state index contributed by atoms with van der Waals surface area (Å²) in [6.45, 7) is 0.0350. The third-order valence-corrected chi connectivity index (χ3v) is 3.51. The van der Waals surface area contributed by atoms with Gasteiger partial charge in [-0.1, -0.05) is 0 Å². The lowest BCUT2D eigenvalue weighted by Crippen LogP contribution is -2.26. The lowest BCUT2D eigenvalue weighted by atomic mass is 10.1. The number of amides is 1. The predicted molar refractivity (Wildman–Crippen MR) is 76.9 cm³/mol. The first-order chi connectivity index (χ1) is 10.9. The van der Waals surface area contributed by atoms with Crippen LogP contribution in [0, 0.1) is 16.0 Å². The van der Waals surface area contributed by atoms with Crippen molar-refractivity contribution in [3.8, 4) is 0 Å². The Morgan fingerprint density at radius 1 is 1.26 bits per heavy atom. The molecule has 0 aromatic heterocycles. The van der Waals surface area contributed by atoms with E-state index in [2.05, 4.69) is 9.47 Å². The fraction of sp³-hybridized carbons (Fsp3) is 0.357. The molecule has 1 saturated heterocycles. The van der Waals surface area contributed by atoms with Gasteiger partial charge in [0.25, 0.3) is 5.69 Å². The maximum atomic E-state index is 12.1. The van der Waals surface area contributed by atoms with Crippen LogP contribution in [0.25, 0.3) is 0 Å². The lowest BCUT2D eigenvalue weighted by Gasteiger charge is -2.17. The first-order valence-electron chi connectivity index (χ1n) is 6.63. The maximum absolute atomic E-state index is 12.1. The Labute approximate surface area is 130 Å². The van der Waals surface area contributed by atoms with Gasteiger partial charge in [0.15, 0.2) is 0 Å². The number of non-ortho nitro benzene ring substituents is 1. The van der Waals surface area contributed by atoms with Crippen molar-refractivity contribution in [2.45, 2.75) is 6.42 Å². The summed E-state index contributed by atoms with van der Waals surface area (Å²) in [6.07, 6.45) is -0.0527. The normalized spacial score (nSPS) is 17.0. The zero-order valence-electron chi connectivity index (χ0n) is 12.5. The molecule has 0 N–H and O–H groups in total. The molecule has 9 heteroatoms. The molecule has 23 heavy (non-hydrogen) atoms. The largest absolute Gasteiger partial charge is 0.469 e. The average Bonchev–Trinajstić information content (AvgIpc) is 2.94. The summed E-state index contributed by atoms with van der Waals surface area (Å²) in [6, 6.07) is 3.55. The summed E-state index contributed by atoms with van der Waals surface area (Å²) < 4.78 is 9.16. The summed E-state index contributed by atoms with van der Waals surface area (Å²) >= 11 is 0. The van der Waals surface area contributed by atoms with Crippen LogP contribution < -0.4 is 4.90 Å². The van der Waals surface area contributed by atoms with Gasteiger partial charge in [-0.05, 0) is 6.07 Å². The fourth-order valence-electron chi connectivity index (χ4n) is 2.37. The Morgan fingerprint density at radius 2 is 1.96 bits per heavy atom. The van der Waals surface area contributed by atoms with E-state index in [1.807, 2.05) is 0 Å². The molecular weight excluding hydrogens is 308 g/mol. The zero-order chi connectivity index (χ0) is 17.1. The van der Waals surface area contributed by atoms with Crippen molar-refractivity contribution in [2.75, 3.05) is 25.7 Å². The monoisotopic (exact) mass is 322 g/mol. The van der Waals surface area contributed by atoms with E-state index in [9.17, 15) is 24.5 Å². The molecule has 122 valence electrons. The number of rotatable bonds is 4. The highest BCUT2D eigenvalue weighted by Gasteiger charge is 2.36. The number of hydrogen-bond donors (Lipinski definition) is 0. The van der Waals surface area contributed by atoms with Crippen LogP contribution in [0.4, 0.5) is 11.4 Å². The van der Waals surface area contributed by atoms with Gasteiger partial charge >= 0.3 is 11.9 Å². The number of nitrogens with zero attached hydrogens (tertiary/aromatic N) is 2. The van der Waals surface area contributed by atoms with E-state index < -0.39 is 22.8 Å². The second kappa shape index (κ2) is 6.42. The van der Waals surface area contributed by atoms with Crippen LogP contribution in [0.5, 0.6) is 0 Å². The number of esters is 2. The maximum Gasteiger partial charge on any atom is 0.338 e. The van der Waals surface area contributed by atoms with Crippen LogP contribution in [0.15, 0.2) is 18.2 Å². The van der Waals surface area contributed by atoms with Crippen molar-refractivity contribution < 1.29 is 28.8 Å². The van der Waals surface area contributed by atoms with Crippen molar-refractivity contribution in [3.05, 3.63) is 33.9 Å². The minimum absolute atomic E-state index is 0.0350. The number of ether oxygens (including phenoxy) is 2. The van der Waals surface area contributed by atoms with Crippen LogP contribution in [0.1, 0.15) is 16.8 Å². The van der Waals surface area contributed by atoms with Crippen molar-refractivity contribution in [3.63, 3.8) is 0 Å². The first kappa shape index (κ1) is 16.4. The van der Waals surface area contributed by atoms with Crippen LogP contribution >= 0.6 is 0 Å². The zero-order valence-corrected chi connectivity index (χ0v) is 12.5. The van der Waals surface area contributed by atoms with Gasteiger partial charge in [0, 0.05) is 25.1 Å². The number of nitro benzene ring substituents is 1. The lowest BCUT2D eigenvalue weighted by molar-refractivity contribution is -0.384. The van der Waals surface area contributed by atoms with E-state index in [1.54, 1.807) is 0 Å². The smallest absolute Gasteiger partial charge is 0.338 e. The highest BCUT2D eigenvalue weighted by atomic mass is 16.6. The summed E-state index contributed by atoms with van der Waals surface area (Å²) in [5.41, 5.74) is -0.237. The number of carbonyl (C=O) groups excluding carboxylic acids is 3. The summed E-state index contributed by atoms with van der Waals surface area (Å²) in [5.74, 6) is -2.31. The van der Waals surface area contributed by atoms with E-state index >= 15 is 0 Å². The van der Waals surface area contributed by atoms with Gasteiger partial charge in [0.05, 0.1) is 36.3 Å². The first-order valence-corrected chi connectivity index (χ1v) is 6.63. The number of hydrogen-bond acceptors (Lipinski definition) is 7. The molecule has 0 bridgehead atoms. The van der Waals surface area contributed by atoms with Gasteiger partial charge in [-0.15, -0.1) is 0 Å². The molecular formula is C14H14N2O7. The summed E-state index contributed by atoms with van der Waals surface area (Å²) in [5, 5.41) is 11.0. The van der Waals surface area contributed by atoms with E-state index in [1.165, 1.54) is 24.1 Å². The molecule has 1 aromatic carbocycles. The number of nitro groups is 1. The Hall–Kier alpha value is -2.97. The van der Waals surface area contributed by atoms with Gasteiger partial charge in [0.1, 0.15) is 0 Å². The van der Waals surface area contributed by atoms with Crippen molar-refractivity contribution >= 4 is 29.2 Å². The fourth-order valence-corrected chi connectivity index (χ4v) is 2.37. The van der Waals surface area contributed by atoms with Crippen LogP contribution in [-0.4, -0.2) is 43.5 Å². The van der Waals surface area contributed by atoms with Gasteiger partial charge in [-0.25, -0.2) is 4.79 Å². The highest BCUT2D eigenvalue weighted by Crippen LogP contribution is 2.30. The standard InChI is InChI=1S/C14H14N2O7/c1-22-13(18)8-3-10(6-11(4-8)16(20)21)15-7-9(5-12(15)17)14(19)23-2/h3-4,6,9H,5,7H2,1-2H3. The highest BCUT2D eigenvalue weighted by molar-refractivity contribution is 6.01. The molecule has 0 aliphatic carbocycles. The topological polar surface area (TPSA) is 116 Å². The van der Waals surface area contributed by atoms with Crippen molar-refractivity contribution in [1.29, 1.82) is 0 Å². The third kappa shape index (κ3) is 3.28. The van der Waals surface area contributed by atoms with Gasteiger partial charge in [-0.3, -0.25) is 19.7 Å². The molecule has 1 heterocycles. The van der Waals surface area contributed by atoms with Gasteiger partial charge < -0.3 is 14.4 Å². The van der Waals surface area contributed by atoms with E-state index in [0.717, 1.165) is 13.2 Å². The molecule has 2 rings (SSSR count). The summed E-state index contributed by atoms with van der Waals surface area (Å²) in [4.78, 5) is 46.8. The quantitative estimate of drug-likeness (QED) is 0.459. The number of methoxy groups -OCH3 is 2. The molecule has 9 nitrogen and oxygen atoms in total. The van der Waals surface area contributed by atoms with Crippen molar-refractivity contribution in [1.82, 2.24) is 0 Å². The Kier molecular flexibility index (Phi) is 4.58. The molecule has 1 aromatic rings. The van der Waals surface area contributed by atoms with Gasteiger partial charge in [-0.2, -0.15) is 0 Å². The Balaban J connectivity index is 2.40. The number of anilines is 1. The second-order valence-corrected chi connectivity index (χ2v) is 4.92. The minimum atomic E-state index is -0.758. The van der Waals surface area contributed by atoms with E-state index in [4.69, 9.17) is 0 Å². The third-order valence-electron chi connectivity index (χ3n) is 3.51. The molecule has 1 unspecified atom stereocenters. The second-order valence-electron chi connectivity index (χ2n) is 4.92. The van der Waals surface area contributed by atoms with Crippen molar-refractivity contribution in [2.24, 2.45) is 5.92 Å². The minimum Gasteiger partial charge on any atom is -0.469 e. The number of carbonyl (C=O) groups is 3. The van der Waals surface area contributed by atoms with Gasteiger partial charge in [0.2, 0.25) is 5.91 Å². The Morgan fingerprint density at radius 3 is 2.52 bits per heavy atom. The van der Waals surface area contributed by atoms with Crippen LogP contribution in [0.2, 0.25) is 0 Å². The molecule has 1 atom stereocenters. The molecule has 0 spiro atoms. The Bertz CT molecular complexity index is 686. The SMILES string of the molecule is COC(=O)c1cc(N2CC(C(=O)OC)CC2=O)cc([N+](=O)[O-])c1. The summed E-state index contributed by atoms with van der Waals surface area (Å²) in [7, 11) is 2.37. The molecule has 1 aliphatic heterocycles. The molecule has 1 amide bonds. The average molecular weight is 322 g/mol. The predicted octanol–water partition coefficient (Wildman–Crippen LogP) is 0.907. The van der Waals surface area contributed by atoms with E-state index in [-0.39, 0.29) is 35.8 Å². The van der Waals surface area contributed by atoms with Crippen LogP contribution in [-0.2, 0) is 19.1 Å². The molecule has 0 radical (unpaired) electrons. The molecule has 0 saturated carbocycles. The number of benzene rings is 1.